The van der Waals surface area contributed by atoms with Crippen LogP contribution in [-0.4, -0.2) is 49.1 Å². The number of imidazole rings is 1. The SMILES string of the molecule is CC(=O)N1Cc2ccc(COc3cccc(-c4cc(F)c(Cc5nc6c(F)cc(C(=O)O)cc6n5C[C@@H]5CCO5)cc4F)n3)cc2C1. The zero-order valence-corrected chi connectivity index (χ0v) is 25.3. The molecule has 1 fully saturated rings. The fourth-order valence-corrected chi connectivity index (χ4v) is 5.98. The van der Waals surface area contributed by atoms with Crippen molar-refractivity contribution < 1.29 is 37.3 Å². The Morgan fingerprint density at radius 3 is 2.53 bits per heavy atom. The Balaban J connectivity index is 1.12. The maximum absolute atomic E-state index is 15.6. The molecule has 9 nitrogen and oxygen atoms in total. The second-order valence-electron chi connectivity index (χ2n) is 11.8. The van der Waals surface area contributed by atoms with Crippen LogP contribution in [0.5, 0.6) is 5.88 Å². The van der Waals surface area contributed by atoms with E-state index >= 15 is 8.78 Å². The summed E-state index contributed by atoms with van der Waals surface area (Å²) in [4.78, 5) is 33.8. The third-order valence-corrected chi connectivity index (χ3v) is 8.62. The van der Waals surface area contributed by atoms with Crippen LogP contribution in [0.1, 0.15) is 51.8 Å². The highest BCUT2D eigenvalue weighted by Crippen LogP contribution is 2.30. The number of carboxylic acid groups (broad SMARTS) is 1. The van der Waals surface area contributed by atoms with Gasteiger partial charge in [0.1, 0.15) is 29.6 Å². The number of benzene rings is 3. The lowest BCUT2D eigenvalue weighted by Gasteiger charge is -2.27. The number of hydrogen-bond acceptors (Lipinski definition) is 6. The average Bonchev–Trinajstić information content (AvgIpc) is 3.61. The summed E-state index contributed by atoms with van der Waals surface area (Å²) in [6.07, 6.45) is 0.390. The Morgan fingerprint density at radius 2 is 1.79 bits per heavy atom. The van der Waals surface area contributed by atoms with Gasteiger partial charge < -0.3 is 24.0 Å². The maximum Gasteiger partial charge on any atom is 0.335 e. The number of nitrogens with zero attached hydrogens (tertiary/aromatic N) is 4. The van der Waals surface area contributed by atoms with Gasteiger partial charge in [-0.3, -0.25) is 4.79 Å². The number of carboxylic acids is 1. The van der Waals surface area contributed by atoms with Crippen LogP contribution in [0.25, 0.3) is 22.3 Å². The summed E-state index contributed by atoms with van der Waals surface area (Å²) in [6.45, 7) is 3.69. The van der Waals surface area contributed by atoms with E-state index in [4.69, 9.17) is 9.47 Å². The molecule has 0 spiro atoms. The van der Waals surface area contributed by atoms with Gasteiger partial charge >= 0.3 is 5.97 Å². The predicted molar refractivity (Wildman–Crippen MR) is 164 cm³/mol. The molecule has 1 saturated heterocycles. The number of amides is 1. The molecule has 12 heteroatoms. The van der Waals surface area contributed by atoms with Crippen molar-refractivity contribution in [3.05, 3.63) is 112 Å². The van der Waals surface area contributed by atoms with E-state index in [1.165, 1.54) is 6.07 Å². The number of pyridine rings is 1. The van der Waals surface area contributed by atoms with Crippen molar-refractivity contribution in [2.45, 2.75) is 52.1 Å². The molecular weight excluding hydrogens is 613 g/mol. The quantitative estimate of drug-likeness (QED) is 0.209. The highest BCUT2D eigenvalue weighted by Gasteiger charge is 2.25. The third-order valence-electron chi connectivity index (χ3n) is 8.62. The third kappa shape index (κ3) is 6.03. The Morgan fingerprint density at radius 1 is 0.979 bits per heavy atom. The smallest absolute Gasteiger partial charge is 0.335 e. The van der Waals surface area contributed by atoms with Gasteiger partial charge in [0.05, 0.1) is 29.4 Å². The van der Waals surface area contributed by atoms with Gasteiger partial charge in [0.2, 0.25) is 11.8 Å². The minimum absolute atomic E-state index is 0.0106. The van der Waals surface area contributed by atoms with E-state index in [1.54, 1.807) is 34.6 Å². The Bertz CT molecular complexity index is 2060. The van der Waals surface area contributed by atoms with Crippen LogP contribution in [-0.2, 0) is 42.2 Å². The molecule has 3 aromatic carbocycles. The van der Waals surface area contributed by atoms with E-state index in [1.807, 2.05) is 18.2 Å². The number of hydrogen-bond donors (Lipinski definition) is 1. The van der Waals surface area contributed by atoms with Crippen molar-refractivity contribution in [1.82, 2.24) is 19.4 Å². The van der Waals surface area contributed by atoms with Gasteiger partial charge in [0, 0.05) is 44.7 Å². The van der Waals surface area contributed by atoms with Crippen molar-refractivity contribution in [2.24, 2.45) is 0 Å². The van der Waals surface area contributed by atoms with Crippen molar-refractivity contribution >= 4 is 22.9 Å². The topological polar surface area (TPSA) is 107 Å². The number of ether oxygens (including phenoxy) is 2. The fourth-order valence-electron chi connectivity index (χ4n) is 5.98. The number of rotatable bonds is 9. The zero-order chi connectivity index (χ0) is 32.8. The molecule has 5 aromatic rings. The van der Waals surface area contributed by atoms with Crippen LogP contribution in [0, 0.1) is 17.5 Å². The van der Waals surface area contributed by atoms with E-state index in [2.05, 4.69) is 9.97 Å². The second-order valence-corrected chi connectivity index (χ2v) is 11.8. The maximum atomic E-state index is 15.6. The minimum atomic E-state index is -1.29. The largest absolute Gasteiger partial charge is 0.478 e. The molecule has 0 bridgehead atoms. The summed E-state index contributed by atoms with van der Waals surface area (Å²) >= 11 is 0. The summed E-state index contributed by atoms with van der Waals surface area (Å²) in [7, 11) is 0. The molecule has 1 atom stereocenters. The van der Waals surface area contributed by atoms with Crippen molar-refractivity contribution in [3.63, 3.8) is 0 Å². The predicted octanol–water partition coefficient (Wildman–Crippen LogP) is 6.03. The molecule has 0 unspecified atom stereocenters. The Labute approximate surface area is 267 Å². The summed E-state index contributed by atoms with van der Waals surface area (Å²) in [5, 5.41) is 9.44. The molecule has 47 heavy (non-hydrogen) atoms. The molecular formula is C35H29F3N4O5. The number of aromatic carboxylic acids is 1. The molecule has 0 saturated carbocycles. The van der Waals surface area contributed by atoms with Crippen LogP contribution in [0.4, 0.5) is 13.2 Å². The Hall–Kier alpha value is -5.23. The summed E-state index contributed by atoms with van der Waals surface area (Å²) in [5.74, 6) is -3.05. The van der Waals surface area contributed by atoms with Gasteiger partial charge in [0.15, 0.2) is 5.82 Å². The fraction of sp³-hybridized carbons (Fsp3) is 0.257. The number of fused-ring (bicyclic) bond motifs is 2. The lowest BCUT2D eigenvalue weighted by molar-refractivity contribution is -0.129. The average molecular weight is 643 g/mol. The van der Waals surface area contributed by atoms with Gasteiger partial charge in [0.25, 0.3) is 0 Å². The van der Waals surface area contributed by atoms with E-state index < -0.39 is 23.4 Å². The molecule has 240 valence electrons. The van der Waals surface area contributed by atoms with Gasteiger partial charge in [-0.1, -0.05) is 24.3 Å². The molecule has 2 aliphatic rings. The van der Waals surface area contributed by atoms with Gasteiger partial charge in [-0.2, -0.15) is 0 Å². The van der Waals surface area contributed by atoms with Crippen LogP contribution in [0.3, 0.4) is 0 Å². The van der Waals surface area contributed by atoms with Crippen LogP contribution in [0.15, 0.2) is 60.7 Å². The summed E-state index contributed by atoms with van der Waals surface area (Å²) in [5.41, 5.74) is 3.08. The van der Waals surface area contributed by atoms with Crippen LogP contribution in [0.2, 0.25) is 0 Å². The van der Waals surface area contributed by atoms with Gasteiger partial charge in [-0.05, 0) is 59.0 Å². The lowest BCUT2D eigenvalue weighted by Crippen LogP contribution is -2.31. The van der Waals surface area contributed by atoms with E-state index in [0.29, 0.717) is 19.7 Å². The summed E-state index contributed by atoms with van der Waals surface area (Å²) < 4.78 is 59.1. The molecule has 4 heterocycles. The van der Waals surface area contributed by atoms with E-state index in [9.17, 15) is 19.1 Å². The first-order chi connectivity index (χ1) is 22.6. The Kier molecular flexibility index (Phi) is 7.88. The molecule has 7 rings (SSSR count). The molecule has 0 radical (unpaired) electrons. The van der Waals surface area contributed by atoms with Crippen LogP contribution < -0.4 is 4.74 Å². The van der Waals surface area contributed by atoms with Crippen molar-refractivity contribution in [3.8, 4) is 17.1 Å². The first-order valence-corrected chi connectivity index (χ1v) is 15.1. The van der Waals surface area contributed by atoms with E-state index in [0.717, 1.165) is 41.3 Å². The molecule has 1 amide bonds. The highest BCUT2D eigenvalue weighted by atomic mass is 19.1. The normalized spacial score (nSPS) is 15.5. The number of halogens is 3. The van der Waals surface area contributed by atoms with Gasteiger partial charge in [-0.25, -0.2) is 27.9 Å². The highest BCUT2D eigenvalue weighted by molar-refractivity contribution is 5.92. The van der Waals surface area contributed by atoms with Crippen molar-refractivity contribution in [1.29, 1.82) is 0 Å². The molecule has 2 aromatic heterocycles. The first kappa shape index (κ1) is 30.4. The number of aromatic nitrogens is 3. The van der Waals surface area contributed by atoms with Gasteiger partial charge in [-0.15, -0.1) is 0 Å². The summed E-state index contributed by atoms with van der Waals surface area (Å²) in [6, 6.07) is 15.0. The zero-order valence-electron chi connectivity index (χ0n) is 25.3. The number of carbonyl (C=O) groups is 2. The molecule has 2 aliphatic heterocycles. The minimum Gasteiger partial charge on any atom is -0.478 e. The standard InChI is InChI=1S/C35H29F3N4O5/c1-19(43)41-15-21-6-5-20(9-24(21)16-41)18-47-33-4-2-3-30(39-33)26-14-27(36)22(10-28(26)37)13-32-40-34-29(38)11-23(35(44)45)12-31(34)42(32)17-25-7-8-46-25/h2-6,9-12,14,25H,7-8,13,15-18H2,1H3,(H,44,45)/t25-/m0/s1. The monoisotopic (exact) mass is 642 g/mol. The van der Waals surface area contributed by atoms with Crippen molar-refractivity contribution in [2.75, 3.05) is 6.61 Å². The van der Waals surface area contributed by atoms with E-state index in [-0.39, 0.29) is 76.7 Å². The second kappa shape index (κ2) is 12.2. The van der Waals surface area contributed by atoms with Crippen LogP contribution >= 0.6 is 0 Å². The lowest BCUT2D eigenvalue weighted by atomic mass is 10.0. The first-order valence-electron chi connectivity index (χ1n) is 15.1. The molecule has 1 N–H and O–H groups in total. The number of carbonyl (C=O) groups excluding carboxylic acids is 1. The molecule has 0 aliphatic carbocycles.